The maximum Gasteiger partial charge on any atom is 0.338 e. The molecule has 0 heterocycles. The predicted molar refractivity (Wildman–Crippen MR) is 96.8 cm³/mol. The Balaban J connectivity index is 1.91. The van der Waals surface area contributed by atoms with Crippen LogP contribution in [0.1, 0.15) is 40.9 Å². The molecule has 2 aromatic carbocycles. The van der Waals surface area contributed by atoms with Gasteiger partial charge in [-0.1, -0.05) is 41.1 Å². The first kappa shape index (κ1) is 18.7. The molecule has 0 saturated carbocycles. The van der Waals surface area contributed by atoms with Crippen molar-refractivity contribution in [2.24, 2.45) is 0 Å². The summed E-state index contributed by atoms with van der Waals surface area (Å²) in [5.41, 5.74) is 1.58. The summed E-state index contributed by atoms with van der Waals surface area (Å²) in [6.07, 6.45) is 0.714. The summed E-state index contributed by atoms with van der Waals surface area (Å²) in [6.45, 7) is 1.59. The molecule has 0 saturated heterocycles. The van der Waals surface area contributed by atoms with E-state index in [2.05, 4.69) is 21.2 Å². The molecular formula is C19H17BrN2O3. The fourth-order valence-electron chi connectivity index (χ4n) is 2.28. The first-order valence-corrected chi connectivity index (χ1v) is 8.55. The normalized spacial score (nSPS) is 11.2. The molecule has 0 unspecified atom stereocenters. The van der Waals surface area contributed by atoms with Crippen molar-refractivity contribution in [2.45, 2.75) is 19.4 Å². The van der Waals surface area contributed by atoms with Crippen molar-refractivity contribution < 1.29 is 14.3 Å². The fraction of sp³-hybridized carbons (Fsp3) is 0.211. The van der Waals surface area contributed by atoms with E-state index in [1.165, 1.54) is 12.1 Å². The Bertz CT molecular complexity index is 797. The number of ether oxygens (including phenoxy) is 1. The quantitative estimate of drug-likeness (QED) is 0.748. The molecule has 6 heteroatoms. The zero-order valence-corrected chi connectivity index (χ0v) is 15.2. The maximum atomic E-state index is 12.1. The third-order valence-corrected chi connectivity index (χ3v) is 4.11. The van der Waals surface area contributed by atoms with Crippen molar-refractivity contribution in [3.8, 4) is 6.07 Å². The highest BCUT2D eigenvalue weighted by atomic mass is 79.9. The summed E-state index contributed by atoms with van der Waals surface area (Å²) in [4.78, 5) is 24.0. The van der Waals surface area contributed by atoms with Crippen molar-refractivity contribution in [3.63, 3.8) is 0 Å². The third-order valence-electron chi connectivity index (χ3n) is 3.58. The lowest BCUT2D eigenvalue weighted by molar-refractivity contribution is -0.125. The summed E-state index contributed by atoms with van der Waals surface area (Å²) >= 11 is 3.38. The van der Waals surface area contributed by atoms with Crippen LogP contribution in [0, 0.1) is 11.3 Å². The van der Waals surface area contributed by atoms with Gasteiger partial charge in [-0.25, -0.2) is 4.79 Å². The molecule has 0 aromatic heterocycles. The van der Waals surface area contributed by atoms with E-state index < -0.39 is 5.97 Å². The van der Waals surface area contributed by atoms with Crippen molar-refractivity contribution >= 4 is 27.8 Å². The summed E-state index contributed by atoms with van der Waals surface area (Å²) < 4.78 is 5.99. The average molecular weight is 401 g/mol. The lowest BCUT2D eigenvalue weighted by Crippen LogP contribution is -2.32. The minimum absolute atomic E-state index is 0.152. The molecule has 0 aliphatic carbocycles. The number of hydrogen-bond donors (Lipinski definition) is 1. The molecular weight excluding hydrogens is 384 g/mol. The Morgan fingerprint density at radius 2 is 1.96 bits per heavy atom. The molecule has 0 aliphatic rings. The number of amides is 1. The number of nitriles is 1. The number of esters is 1. The van der Waals surface area contributed by atoms with Gasteiger partial charge in [0.2, 0.25) is 0 Å². The highest BCUT2D eigenvalue weighted by Gasteiger charge is 2.15. The molecule has 0 aliphatic heterocycles. The van der Waals surface area contributed by atoms with Gasteiger partial charge in [0.25, 0.3) is 5.91 Å². The van der Waals surface area contributed by atoms with Crippen LogP contribution in [0.2, 0.25) is 0 Å². The first-order chi connectivity index (χ1) is 12.0. The molecule has 2 aromatic rings. The van der Waals surface area contributed by atoms with Gasteiger partial charge in [-0.3, -0.25) is 4.79 Å². The van der Waals surface area contributed by atoms with Crippen LogP contribution < -0.4 is 5.32 Å². The molecule has 1 N–H and O–H groups in total. The van der Waals surface area contributed by atoms with Crippen molar-refractivity contribution in [1.29, 1.82) is 5.26 Å². The summed E-state index contributed by atoms with van der Waals surface area (Å²) in [7, 11) is 0. The second kappa shape index (κ2) is 9.00. The Kier molecular flexibility index (Phi) is 6.72. The second-order valence-corrected chi connectivity index (χ2v) is 6.26. The number of nitrogens with zero attached hydrogens (tertiary/aromatic N) is 1. The number of nitrogens with one attached hydrogen (secondary N) is 1. The van der Waals surface area contributed by atoms with Crippen LogP contribution >= 0.6 is 15.9 Å². The molecule has 0 spiro atoms. The van der Waals surface area contributed by atoms with E-state index in [1.807, 2.05) is 37.3 Å². The number of carbonyl (C=O) groups is 2. The molecule has 0 bridgehead atoms. The topological polar surface area (TPSA) is 79.2 Å². The second-order valence-electron chi connectivity index (χ2n) is 5.35. The third kappa shape index (κ3) is 5.44. The molecule has 25 heavy (non-hydrogen) atoms. The smallest absolute Gasteiger partial charge is 0.338 e. The van der Waals surface area contributed by atoms with E-state index in [-0.39, 0.29) is 24.1 Å². The lowest BCUT2D eigenvalue weighted by Gasteiger charge is -2.17. The number of benzene rings is 2. The molecule has 0 radical (unpaired) electrons. The number of hydrogen-bond acceptors (Lipinski definition) is 4. The van der Waals surface area contributed by atoms with E-state index in [1.54, 1.807) is 12.1 Å². The van der Waals surface area contributed by atoms with Crippen molar-refractivity contribution in [2.75, 3.05) is 6.61 Å². The van der Waals surface area contributed by atoms with Crippen LogP contribution in [0.5, 0.6) is 0 Å². The van der Waals surface area contributed by atoms with E-state index >= 15 is 0 Å². The van der Waals surface area contributed by atoms with Crippen LogP contribution in [0.25, 0.3) is 0 Å². The first-order valence-electron chi connectivity index (χ1n) is 7.75. The van der Waals surface area contributed by atoms with E-state index in [4.69, 9.17) is 10.00 Å². The molecule has 0 fully saturated rings. The average Bonchev–Trinajstić information content (AvgIpc) is 2.65. The minimum atomic E-state index is -0.635. The zero-order valence-electron chi connectivity index (χ0n) is 13.7. The van der Waals surface area contributed by atoms with E-state index in [0.717, 1.165) is 10.0 Å². The van der Waals surface area contributed by atoms with E-state index in [0.29, 0.717) is 12.0 Å². The highest BCUT2D eigenvalue weighted by Crippen LogP contribution is 2.19. The monoisotopic (exact) mass is 400 g/mol. The van der Waals surface area contributed by atoms with Crippen LogP contribution in [-0.4, -0.2) is 18.5 Å². The summed E-state index contributed by atoms with van der Waals surface area (Å²) in [5, 5.41) is 11.7. The van der Waals surface area contributed by atoms with Crippen LogP contribution in [-0.2, 0) is 9.53 Å². The van der Waals surface area contributed by atoms with Crippen molar-refractivity contribution in [1.82, 2.24) is 5.32 Å². The predicted octanol–water partition coefficient (Wildman–Crippen LogP) is 3.75. The fourth-order valence-corrected chi connectivity index (χ4v) is 2.55. The van der Waals surface area contributed by atoms with Gasteiger partial charge in [-0.05, 0) is 42.3 Å². The summed E-state index contributed by atoms with van der Waals surface area (Å²) in [5.74, 6) is -1.01. The molecule has 128 valence electrons. The Hall–Kier alpha value is -2.65. The van der Waals surface area contributed by atoms with Gasteiger partial charge in [-0.15, -0.1) is 0 Å². The van der Waals surface area contributed by atoms with Crippen molar-refractivity contribution in [3.05, 3.63) is 69.7 Å². The maximum absolute atomic E-state index is 12.1. The summed E-state index contributed by atoms with van der Waals surface area (Å²) in [6, 6.07) is 15.6. The molecule has 1 amide bonds. The van der Waals surface area contributed by atoms with Gasteiger partial charge < -0.3 is 10.1 Å². The lowest BCUT2D eigenvalue weighted by atomic mass is 10.0. The van der Waals surface area contributed by atoms with E-state index in [9.17, 15) is 9.59 Å². The largest absolute Gasteiger partial charge is 0.452 e. The SMILES string of the molecule is CC[C@H](NC(=O)COC(=O)c1cccc(C#N)c1)c1ccc(Br)cc1. The van der Waals surface area contributed by atoms with Crippen LogP contribution in [0.15, 0.2) is 53.0 Å². The number of rotatable bonds is 6. The highest BCUT2D eigenvalue weighted by molar-refractivity contribution is 9.10. The Morgan fingerprint density at radius 3 is 2.60 bits per heavy atom. The number of carbonyl (C=O) groups excluding carboxylic acids is 2. The van der Waals surface area contributed by atoms with Gasteiger partial charge in [0.1, 0.15) is 0 Å². The standard InChI is InChI=1S/C19H17BrN2O3/c1-2-17(14-6-8-16(20)9-7-14)22-18(23)12-25-19(24)15-5-3-4-13(10-15)11-21/h3-10,17H,2,12H2,1H3,(H,22,23)/t17-/m0/s1. The molecule has 2 rings (SSSR count). The Morgan fingerprint density at radius 1 is 1.24 bits per heavy atom. The minimum Gasteiger partial charge on any atom is -0.452 e. The van der Waals surface area contributed by atoms with Crippen LogP contribution in [0.3, 0.4) is 0 Å². The zero-order chi connectivity index (χ0) is 18.2. The van der Waals surface area contributed by atoms with Gasteiger partial charge in [0, 0.05) is 4.47 Å². The van der Waals surface area contributed by atoms with Gasteiger partial charge in [0.05, 0.1) is 23.2 Å². The van der Waals surface area contributed by atoms with Crippen LogP contribution in [0.4, 0.5) is 0 Å². The molecule has 5 nitrogen and oxygen atoms in total. The van der Waals surface area contributed by atoms with Gasteiger partial charge in [0.15, 0.2) is 6.61 Å². The number of halogens is 1. The molecule has 1 atom stereocenters. The van der Waals surface area contributed by atoms with Gasteiger partial charge >= 0.3 is 5.97 Å². The van der Waals surface area contributed by atoms with Gasteiger partial charge in [-0.2, -0.15) is 5.26 Å². The Labute approximate surface area is 154 Å².